The van der Waals surface area contributed by atoms with Crippen molar-refractivity contribution in [3.63, 3.8) is 0 Å². The van der Waals surface area contributed by atoms with Gasteiger partial charge in [-0.1, -0.05) is 41.9 Å². The van der Waals surface area contributed by atoms with E-state index in [9.17, 15) is 0 Å². The standard InChI is InChI=1S/C33H28ClN9O2/c1-44-24-15-11-22(12-16-24)37-32-41-31(42-33(43-32)38-23-13-17-25(45-2)18-14-23)36-21-9-7-20(8-10-21)28-19-29(40-30(35)39-28)26-5-3-4-6-27(26)34/h3-19H,1-2H3,(H2,35,39,40)(H3,36,37,38,41,42,43). The van der Waals surface area contributed by atoms with E-state index in [-0.39, 0.29) is 5.95 Å². The largest absolute Gasteiger partial charge is 0.497 e. The van der Waals surface area contributed by atoms with Crippen LogP contribution in [0.1, 0.15) is 0 Å². The molecule has 4 aromatic carbocycles. The molecule has 0 bridgehead atoms. The number of benzene rings is 4. The van der Waals surface area contributed by atoms with E-state index >= 15 is 0 Å². The summed E-state index contributed by atoms with van der Waals surface area (Å²) in [5.41, 5.74) is 11.3. The highest BCUT2D eigenvalue weighted by atomic mass is 35.5. The van der Waals surface area contributed by atoms with Crippen LogP contribution in [-0.4, -0.2) is 39.1 Å². The van der Waals surface area contributed by atoms with Crippen molar-refractivity contribution >= 4 is 52.5 Å². The molecule has 0 aliphatic carbocycles. The second-order valence-electron chi connectivity index (χ2n) is 9.69. The lowest BCUT2D eigenvalue weighted by Crippen LogP contribution is -2.07. The molecule has 2 heterocycles. The third-order valence-corrected chi connectivity index (χ3v) is 6.99. The second kappa shape index (κ2) is 13.1. The van der Waals surface area contributed by atoms with Gasteiger partial charge in [-0.3, -0.25) is 0 Å². The van der Waals surface area contributed by atoms with Gasteiger partial charge in [0.2, 0.25) is 23.8 Å². The fraction of sp³-hybridized carbons (Fsp3) is 0.0606. The molecule has 0 fully saturated rings. The molecule has 224 valence electrons. The van der Waals surface area contributed by atoms with E-state index in [1.165, 1.54) is 0 Å². The minimum Gasteiger partial charge on any atom is -0.497 e. The van der Waals surface area contributed by atoms with Gasteiger partial charge in [0.25, 0.3) is 0 Å². The summed E-state index contributed by atoms with van der Waals surface area (Å²) in [5, 5.41) is 10.3. The van der Waals surface area contributed by atoms with E-state index in [4.69, 9.17) is 26.8 Å². The Morgan fingerprint density at radius 3 is 1.47 bits per heavy atom. The number of aromatic nitrogens is 5. The molecule has 5 N–H and O–H groups in total. The molecular weight excluding hydrogens is 590 g/mol. The van der Waals surface area contributed by atoms with Crippen molar-refractivity contribution in [2.45, 2.75) is 0 Å². The van der Waals surface area contributed by atoms with Gasteiger partial charge in [-0.25, -0.2) is 9.97 Å². The van der Waals surface area contributed by atoms with Gasteiger partial charge < -0.3 is 31.2 Å². The molecule has 0 saturated carbocycles. The second-order valence-corrected chi connectivity index (χ2v) is 10.1. The number of ether oxygens (including phenoxy) is 2. The predicted molar refractivity (Wildman–Crippen MR) is 178 cm³/mol. The molecule has 45 heavy (non-hydrogen) atoms. The highest BCUT2D eigenvalue weighted by Crippen LogP contribution is 2.30. The van der Waals surface area contributed by atoms with Crippen molar-refractivity contribution in [1.29, 1.82) is 0 Å². The van der Waals surface area contributed by atoms with Crippen LogP contribution in [0.15, 0.2) is 103 Å². The van der Waals surface area contributed by atoms with Crippen LogP contribution in [0, 0.1) is 0 Å². The fourth-order valence-corrected chi connectivity index (χ4v) is 4.66. The highest BCUT2D eigenvalue weighted by molar-refractivity contribution is 6.33. The number of hydrogen-bond donors (Lipinski definition) is 4. The van der Waals surface area contributed by atoms with Crippen molar-refractivity contribution in [2.75, 3.05) is 35.9 Å². The van der Waals surface area contributed by atoms with E-state index in [0.29, 0.717) is 34.3 Å². The van der Waals surface area contributed by atoms with Gasteiger partial charge in [0.15, 0.2) is 0 Å². The first kappa shape index (κ1) is 29.1. The minimum absolute atomic E-state index is 0.156. The summed E-state index contributed by atoms with van der Waals surface area (Å²) in [6.45, 7) is 0. The zero-order valence-corrected chi connectivity index (χ0v) is 25.1. The lowest BCUT2D eigenvalue weighted by Gasteiger charge is -2.12. The Morgan fingerprint density at radius 2 is 1.00 bits per heavy atom. The number of nitrogens with two attached hydrogens (primary N) is 1. The smallest absolute Gasteiger partial charge is 0.233 e. The number of methoxy groups -OCH3 is 2. The zero-order valence-electron chi connectivity index (χ0n) is 24.3. The third-order valence-electron chi connectivity index (χ3n) is 6.66. The molecule has 11 nitrogen and oxygen atoms in total. The van der Waals surface area contributed by atoms with Gasteiger partial charge in [-0.2, -0.15) is 15.0 Å². The number of nitrogen functional groups attached to an aromatic ring is 1. The third kappa shape index (κ3) is 7.17. The van der Waals surface area contributed by atoms with Gasteiger partial charge in [0.05, 0.1) is 25.6 Å². The first-order valence-corrected chi connectivity index (χ1v) is 14.2. The van der Waals surface area contributed by atoms with Crippen LogP contribution in [0.2, 0.25) is 5.02 Å². The maximum atomic E-state index is 6.40. The number of anilines is 7. The van der Waals surface area contributed by atoms with Crippen LogP contribution < -0.4 is 31.2 Å². The predicted octanol–water partition coefficient (Wildman–Crippen LogP) is 7.48. The molecule has 0 radical (unpaired) electrons. The monoisotopic (exact) mass is 617 g/mol. The van der Waals surface area contributed by atoms with E-state index < -0.39 is 0 Å². The van der Waals surface area contributed by atoms with Crippen LogP contribution in [0.25, 0.3) is 22.5 Å². The van der Waals surface area contributed by atoms with Gasteiger partial charge in [0.1, 0.15) is 11.5 Å². The lowest BCUT2D eigenvalue weighted by atomic mass is 10.1. The summed E-state index contributed by atoms with van der Waals surface area (Å²) in [5.74, 6) is 2.66. The van der Waals surface area contributed by atoms with E-state index in [2.05, 4.69) is 40.9 Å². The summed E-state index contributed by atoms with van der Waals surface area (Å²) in [4.78, 5) is 22.6. The SMILES string of the molecule is COc1ccc(Nc2nc(Nc3ccc(OC)cc3)nc(Nc3ccc(-c4cc(-c5ccccc5Cl)nc(N)n4)cc3)n2)cc1. The first-order chi connectivity index (χ1) is 21.9. The molecule has 0 atom stereocenters. The van der Waals surface area contributed by atoms with Crippen molar-refractivity contribution in [3.05, 3.63) is 108 Å². The van der Waals surface area contributed by atoms with Crippen LogP contribution >= 0.6 is 11.6 Å². The van der Waals surface area contributed by atoms with Crippen molar-refractivity contribution < 1.29 is 9.47 Å². The van der Waals surface area contributed by atoms with Crippen molar-refractivity contribution in [2.24, 2.45) is 0 Å². The Balaban J connectivity index is 1.26. The first-order valence-electron chi connectivity index (χ1n) is 13.8. The molecule has 12 heteroatoms. The average Bonchev–Trinajstić information content (AvgIpc) is 3.06. The summed E-state index contributed by atoms with van der Waals surface area (Å²) < 4.78 is 10.5. The van der Waals surface area contributed by atoms with Crippen LogP contribution in [0.3, 0.4) is 0 Å². The zero-order chi connectivity index (χ0) is 31.2. The van der Waals surface area contributed by atoms with Crippen LogP contribution in [0.5, 0.6) is 11.5 Å². The molecule has 0 aliphatic heterocycles. The summed E-state index contributed by atoms with van der Waals surface area (Å²) >= 11 is 6.40. The summed E-state index contributed by atoms with van der Waals surface area (Å²) in [6, 6.07) is 31.9. The molecule has 0 saturated heterocycles. The average molecular weight is 618 g/mol. The number of hydrogen-bond acceptors (Lipinski definition) is 11. The maximum Gasteiger partial charge on any atom is 0.233 e. The molecule has 0 amide bonds. The molecular formula is C33H28ClN9O2. The van der Waals surface area contributed by atoms with Gasteiger partial charge >= 0.3 is 0 Å². The quantitative estimate of drug-likeness (QED) is 0.121. The molecule has 6 rings (SSSR count). The minimum atomic E-state index is 0.156. The summed E-state index contributed by atoms with van der Waals surface area (Å²) in [6.07, 6.45) is 0. The Bertz CT molecular complexity index is 1850. The Morgan fingerprint density at radius 1 is 0.556 bits per heavy atom. The van der Waals surface area contributed by atoms with Gasteiger partial charge in [-0.15, -0.1) is 0 Å². The van der Waals surface area contributed by atoms with Crippen LogP contribution in [0.4, 0.5) is 40.9 Å². The molecule has 0 aliphatic rings. The van der Waals surface area contributed by atoms with E-state index in [1.807, 2.05) is 103 Å². The van der Waals surface area contributed by atoms with Crippen molar-refractivity contribution in [1.82, 2.24) is 24.9 Å². The normalized spacial score (nSPS) is 10.6. The molecule has 0 spiro atoms. The molecule has 6 aromatic rings. The van der Waals surface area contributed by atoms with E-state index in [1.54, 1.807) is 14.2 Å². The number of rotatable bonds is 10. The van der Waals surface area contributed by atoms with Gasteiger partial charge in [-0.05, 0) is 72.8 Å². The maximum absolute atomic E-state index is 6.40. The number of nitrogens with one attached hydrogen (secondary N) is 3. The van der Waals surface area contributed by atoms with Crippen LogP contribution in [-0.2, 0) is 0 Å². The molecule has 2 aromatic heterocycles. The molecule has 0 unspecified atom stereocenters. The number of nitrogens with zero attached hydrogens (tertiary/aromatic N) is 5. The number of halogens is 1. The Hall–Kier alpha value is -5.94. The highest BCUT2D eigenvalue weighted by Gasteiger charge is 2.12. The fourth-order valence-electron chi connectivity index (χ4n) is 4.42. The Kier molecular flexibility index (Phi) is 8.51. The summed E-state index contributed by atoms with van der Waals surface area (Å²) in [7, 11) is 3.24. The van der Waals surface area contributed by atoms with E-state index in [0.717, 1.165) is 39.7 Å². The Labute approximate surface area is 264 Å². The van der Waals surface area contributed by atoms with Gasteiger partial charge in [0, 0.05) is 33.2 Å². The topological polar surface area (TPSA) is 145 Å². The lowest BCUT2D eigenvalue weighted by molar-refractivity contribution is 0.415. The van der Waals surface area contributed by atoms with Crippen molar-refractivity contribution in [3.8, 4) is 34.0 Å².